The molecular formula is C18H18N4O2S. The van der Waals surface area contributed by atoms with Crippen molar-refractivity contribution in [1.82, 2.24) is 4.98 Å². The predicted octanol–water partition coefficient (Wildman–Crippen LogP) is 2.97. The van der Waals surface area contributed by atoms with Crippen LogP contribution < -0.4 is 16.0 Å². The van der Waals surface area contributed by atoms with Crippen molar-refractivity contribution in [2.24, 2.45) is 0 Å². The van der Waals surface area contributed by atoms with Gasteiger partial charge in [0.2, 0.25) is 0 Å². The van der Waals surface area contributed by atoms with Gasteiger partial charge < -0.3 is 20.7 Å². The fourth-order valence-electron chi connectivity index (χ4n) is 2.87. The Morgan fingerprint density at radius 2 is 1.92 bits per heavy atom. The molecule has 7 heteroatoms. The van der Waals surface area contributed by atoms with Gasteiger partial charge in [0.1, 0.15) is 0 Å². The first kappa shape index (κ1) is 15.9. The number of carbonyl (C=O) groups excluding carboxylic acids is 1. The minimum absolute atomic E-state index is 0.160. The third kappa shape index (κ3) is 3.42. The van der Waals surface area contributed by atoms with Gasteiger partial charge in [-0.2, -0.15) is 0 Å². The van der Waals surface area contributed by atoms with Crippen molar-refractivity contribution in [2.45, 2.75) is 0 Å². The quantitative estimate of drug-likeness (QED) is 0.756. The molecule has 0 bridgehead atoms. The summed E-state index contributed by atoms with van der Waals surface area (Å²) in [5, 5.41) is 3.43. The van der Waals surface area contributed by atoms with E-state index in [4.69, 9.17) is 10.5 Å². The number of anilines is 3. The van der Waals surface area contributed by atoms with Crippen molar-refractivity contribution >= 4 is 44.0 Å². The Hall–Kier alpha value is -2.64. The van der Waals surface area contributed by atoms with Crippen LogP contribution >= 0.6 is 11.3 Å². The van der Waals surface area contributed by atoms with Crippen LogP contribution in [0.5, 0.6) is 0 Å². The topological polar surface area (TPSA) is 80.5 Å². The number of benzene rings is 2. The standard InChI is InChI=1S/C18H18N4O2S/c19-18-21-15-11-12(1-6-16(15)25-18)17(23)20-13-2-4-14(5-3-13)22-7-9-24-10-8-22/h1-6,11H,7-10H2,(H2,19,21)(H,20,23). The molecule has 4 rings (SSSR count). The zero-order valence-electron chi connectivity index (χ0n) is 13.6. The van der Waals surface area contributed by atoms with Crippen LogP contribution in [-0.2, 0) is 4.74 Å². The molecule has 1 aromatic heterocycles. The van der Waals surface area contributed by atoms with Gasteiger partial charge in [0, 0.05) is 30.0 Å². The molecule has 1 amide bonds. The van der Waals surface area contributed by atoms with Crippen molar-refractivity contribution in [2.75, 3.05) is 42.3 Å². The summed E-state index contributed by atoms with van der Waals surface area (Å²) in [6.07, 6.45) is 0. The minimum Gasteiger partial charge on any atom is -0.378 e. The van der Waals surface area contributed by atoms with E-state index in [-0.39, 0.29) is 5.91 Å². The van der Waals surface area contributed by atoms with E-state index >= 15 is 0 Å². The van der Waals surface area contributed by atoms with Gasteiger partial charge in [-0.1, -0.05) is 11.3 Å². The van der Waals surface area contributed by atoms with Gasteiger partial charge in [0.15, 0.2) is 5.13 Å². The Bertz CT molecular complexity index is 901. The number of carbonyl (C=O) groups is 1. The highest BCUT2D eigenvalue weighted by Gasteiger charge is 2.12. The number of nitrogens with one attached hydrogen (secondary N) is 1. The number of fused-ring (bicyclic) bond motifs is 1. The highest BCUT2D eigenvalue weighted by molar-refractivity contribution is 7.22. The maximum absolute atomic E-state index is 12.5. The molecular weight excluding hydrogens is 336 g/mol. The van der Waals surface area contributed by atoms with Crippen molar-refractivity contribution in [3.8, 4) is 0 Å². The molecule has 1 saturated heterocycles. The van der Waals surface area contributed by atoms with Gasteiger partial charge in [-0.3, -0.25) is 4.79 Å². The van der Waals surface area contributed by atoms with Crippen molar-refractivity contribution in [3.63, 3.8) is 0 Å². The van der Waals surface area contributed by atoms with E-state index in [1.54, 1.807) is 12.1 Å². The molecule has 0 atom stereocenters. The highest BCUT2D eigenvalue weighted by atomic mass is 32.1. The molecule has 6 nitrogen and oxygen atoms in total. The summed E-state index contributed by atoms with van der Waals surface area (Å²) in [5.41, 5.74) is 8.93. The van der Waals surface area contributed by atoms with Gasteiger partial charge in [0.05, 0.1) is 23.4 Å². The number of amides is 1. The number of thiazole rings is 1. The lowest BCUT2D eigenvalue weighted by Crippen LogP contribution is -2.36. The number of rotatable bonds is 3. The molecule has 1 fully saturated rings. The van der Waals surface area contributed by atoms with E-state index in [0.717, 1.165) is 47.9 Å². The number of nitrogens with two attached hydrogens (primary N) is 1. The van der Waals surface area contributed by atoms with Crippen LogP contribution in [-0.4, -0.2) is 37.2 Å². The summed E-state index contributed by atoms with van der Waals surface area (Å²) >= 11 is 1.41. The molecule has 0 unspecified atom stereocenters. The molecule has 2 aromatic carbocycles. The first-order valence-corrected chi connectivity index (χ1v) is 8.91. The predicted molar refractivity (Wildman–Crippen MR) is 101 cm³/mol. The SMILES string of the molecule is Nc1nc2cc(C(=O)Nc3ccc(N4CCOCC4)cc3)ccc2s1. The zero-order chi connectivity index (χ0) is 17.2. The summed E-state index contributed by atoms with van der Waals surface area (Å²) < 4.78 is 6.34. The zero-order valence-corrected chi connectivity index (χ0v) is 14.4. The summed E-state index contributed by atoms with van der Waals surface area (Å²) in [4.78, 5) is 19.0. The van der Waals surface area contributed by atoms with E-state index in [9.17, 15) is 4.79 Å². The van der Waals surface area contributed by atoms with Crippen LogP contribution in [0.25, 0.3) is 10.2 Å². The summed E-state index contributed by atoms with van der Waals surface area (Å²) in [5.74, 6) is -0.160. The molecule has 0 aliphatic carbocycles. The van der Waals surface area contributed by atoms with Crippen molar-refractivity contribution < 1.29 is 9.53 Å². The lowest BCUT2D eigenvalue weighted by atomic mass is 10.2. The van der Waals surface area contributed by atoms with Gasteiger partial charge in [-0.15, -0.1) is 0 Å². The Morgan fingerprint density at radius 1 is 1.16 bits per heavy atom. The number of morpholine rings is 1. The molecule has 25 heavy (non-hydrogen) atoms. The molecule has 0 radical (unpaired) electrons. The normalized spacial score (nSPS) is 14.6. The molecule has 2 heterocycles. The number of hydrogen-bond donors (Lipinski definition) is 2. The Labute approximate surface area is 149 Å². The van der Waals surface area contributed by atoms with Gasteiger partial charge in [0.25, 0.3) is 5.91 Å². The van der Waals surface area contributed by atoms with Crippen LogP contribution in [0.1, 0.15) is 10.4 Å². The third-order valence-corrected chi connectivity index (χ3v) is 5.03. The number of hydrogen-bond acceptors (Lipinski definition) is 6. The molecule has 0 saturated carbocycles. The summed E-state index contributed by atoms with van der Waals surface area (Å²) in [7, 11) is 0. The lowest BCUT2D eigenvalue weighted by molar-refractivity contribution is 0.102. The van der Waals surface area contributed by atoms with E-state index < -0.39 is 0 Å². The first-order valence-electron chi connectivity index (χ1n) is 8.09. The smallest absolute Gasteiger partial charge is 0.255 e. The fourth-order valence-corrected chi connectivity index (χ4v) is 3.58. The largest absolute Gasteiger partial charge is 0.378 e. The average molecular weight is 354 g/mol. The van der Waals surface area contributed by atoms with Gasteiger partial charge >= 0.3 is 0 Å². The van der Waals surface area contributed by atoms with Crippen LogP contribution in [0.2, 0.25) is 0 Å². The van der Waals surface area contributed by atoms with E-state index in [1.165, 1.54) is 11.3 Å². The second-order valence-corrected chi connectivity index (χ2v) is 6.90. The number of nitrogens with zero attached hydrogens (tertiary/aromatic N) is 2. The average Bonchev–Trinajstić information content (AvgIpc) is 3.02. The number of aromatic nitrogens is 1. The molecule has 1 aliphatic rings. The fraction of sp³-hybridized carbons (Fsp3) is 0.222. The van der Waals surface area contributed by atoms with Gasteiger partial charge in [-0.05, 0) is 42.5 Å². The van der Waals surface area contributed by atoms with Crippen molar-refractivity contribution in [1.29, 1.82) is 0 Å². The second-order valence-electron chi connectivity index (χ2n) is 5.84. The first-order chi connectivity index (χ1) is 12.2. The number of nitrogen functional groups attached to an aromatic ring is 1. The summed E-state index contributed by atoms with van der Waals surface area (Å²) in [6, 6.07) is 13.3. The molecule has 1 aliphatic heterocycles. The number of ether oxygens (including phenoxy) is 1. The minimum atomic E-state index is -0.160. The lowest BCUT2D eigenvalue weighted by Gasteiger charge is -2.28. The van der Waals surface area contributed by atoms with Crippen molar-refractivity contribution in [3.05, 3.63) is 48.0 Å². The second kappa shape index (κ2) is 6.70. The Kier molecular flexibility index (Phi) is 4.25. The van der Waals surface area contributed by atoms with E-state index in [2.05, 4.69) is 15.2 Å². The van der Waals surface area contributed by atoms with Crippen LogP contribution in [0.3, 0.4) is 0 Å². The molecule has 128 valence electrons. The molecule has 3 N–H and O–H groups in total. The van der Waals surface area contributed by atoms with E-state index in [1.807, 2.05) is 30.3 Å². The molecule has 0 spiro atoms. The maximum atomic E-state index is 12.5. The van der Waals surface area contributed by atoms with Crippen LogP contribution in [0.4, 0.5) is 16.5 Å². The Balaban J connectivity index is 1.47. The highest BCUT2D eigenvalue weighted by Crippen LogP contribution is 2.25. The van der Waals surface area contributed by atoms with E-state index in [0.29, 0.717) is 10.7 Å². The molecule has 3 aromatic rings. The van der Waals surface area contributed by atoms with Crippen LogP contribution in [0, 0.1) is 0 Å². The maximum Gasteiger partial charge on any atom is 0.255 e. The third-order valence-electron chi connectivity index (χ3n) is 4.17. The van der Waals surface area contributed by atoms with Crippen LogP contribution in [0.15, 0.2) is 42.5 Å². The summed E-state index contributed by atoms with van der Waals surface area (Å²) in [6.45, 7) is 3.29. The monoisotopic (exact) mass is 354 g/mol. The van der Waals surface area contributed by atoms with Gasteiger partial charge in [-0.25, -0.2) is 4.98 Å². The Morgan fingerprint density at radius 3 is 2.68 bits per heavy atom.